The van der Waals surface area contributed by atoms with Gasteiger partial charge in [-0.3, -0.25) is 9.78 Å². The zero-order chi connectivity index (χ0) is 20.8. The van der Waals surface area contributed by atoms with Crippen LogP contribution in [0.5, 0.6) is 5.75 Å². The fourth-order valence-electron chi connectivity index (χ4n) is 2.80. The number of aryl methyl sites for hydroxylation is 2. The van der Waals surface area contributed by atoms with E-state index in [1.165, 1.54) is 6.20 Å². The number of hydrogen-bond donors (Lipinski definition) is 1. The van der Waals surface area contributed by atoms with Crippen LogP contribution < -0.4 is 10.2 Å². The van der Waals surface area contributed by atoms with Crippen molar-refractivity contribution in [3.63, 3.8) is 0 Å². The molecule has 0 atom stereocenters. The van der Waals surface area contributed by atoms with E-state index >= 15 is 0 Å². The number of aromatic nitrogens is 1. The minimum absolute atomic E-state index is 0.317. The largest absolute Gasteiger partial charge is 0.488 e. The van der Waals surface area contributed by atoms with Crippen molar-refractivity contribution < 1.29 is 9.53 Å². The highest BCUT2D eigenvalue weighted by Gasteiger charge is 2.09. The molecule has 0 unspecified atom stereocenters. The van der Waals surface area contributed by atoms with Crippen molar-refractivity contribution in [1.29, 1.82) is 0 Å². The van der Waals surface area contributed by atoms with Crippen LogP contribution in [0.4, 0.5) is 0 Å². The molecular weight excluding hydrogens is 409 g/mol. The van der Waals surface area contributed by atoms with E-state index in [-0.39, 0.29) is 5.91 Å². The molecule has 0 saturated heterocycles. The maximum absolute atomic E-state index is 12.0. The third kappa shape index (κ3) is 5.56. The van der Waals surface area contributed by atoms with Crippen LogP contribution >= 0.6 is 23.2 Å². The molecule has 1 heterocycles. The molecule has 2 aromatic carbocycles. The molecule has 5 nitrogen and oxygen atoms in total. The summed E-state index contributed by atoms with van der Waals surface area (Å²) in [6.07, 6.45) is 4.68. The highest BCUT2D eigenvalue weighted by molar-refractivity contribution is 6.35. The molecule has 148 valence electrons. The summed E-state index contributed by atoms with van der Waals surface area (Å²) in [4.78, 5) is 15.9. The van der Waals surface area contributed by atoms with Gasteiger partial charge in [0.1, 0.15) is 12.4 Å². The Labute approximate surface area is 179 Å². The van der Waals surface area contributed by atoms with E-state index < -0.39 is 0 Å². The Balaban J connectivity index is 1.66. The predicted octanol–water partition coefficient (Wildman–Crippen LogP) is 5.35. The number of halogens is 2. The van der Waals surface area contributed by atoms with Crippen LogP contribution in [0.25, 0.3) is 0 Å². The Morgan fingerprint density at radius 1 is 1.17 bits per heavy atom. The molecule has 0 bridgehead atoms. The number of amides is 1. The topological polar surface area (TPSA) is 63.6 Å². The van der Waals surface area contributed by atoms with Crippen LogP contribution in [0.1, 0.15) is 32.6 Å². The number of carbonyl (C=O) groups excluding carboxylic acids is 1. The monoisotopic (exact) mass is 427 g/mol. The fourth-order valence-corrected chi connectivity index (χ4v) is 3.26. The second kappa shape index (κ2) is 9.54. The first-order valence-electron chi connectivity index (χ1n) is 8.85. The van der Waals surface area contributed by atoms with E-state index in [1.54, 1.807) is 36.7 Å². The molecule has 0 aliphatic heterocycles. The molecule has 0 radical (unpaired) electrons. The van der Waals surface area contributed by atoms with Crippen LogP contribution in [0.3, 0.4) is 0 Å². The number of rotatable bonds is 6. The Hall–Kier alpha value is -2.89. The second-order valence-corrected chi connectivity index (χ2v) is 7.29. The van der Waals surface area contributed by atoms with E-state index in [0.717, 1.165) is 28.0 Å². The summed E-state index contributed by atoms with van der Waals surface area (Å²) < 4.78 is 5.98. The molecule has 3 aromatic rings. The summed E-state index contributed by atoms with van der Waals surface area (Å²) in [7, 11) is 0. The first-order chi connectivity index (χ1) is 13.9. The van der Waals surface area contributed by atoms with Crippen LogP contribution in [0, 0.1) is 13.8 Å². The first kappa shape index (κ1) is 20.8. The normalized spacial score (nSPS) is 10.9. The van der Waals surface area contributed by atoms with Crippen LogP contribution in [0.2, 0.25) is 10.0 Å². The SMILES string of the molecule is Cc1cc(/C=N\NC(=O)c2cccnc2)cc(C)c1OCc1ccc(Cl)cc1Cl. The van der Waals surface area contributed by atoms with Crippen molar-refractivity contribution in [2.75, 3.05) is 0 Å². The maximum atomic E-state index is 12.0. The van der Waals surface area contributed by atoms with Crippen LogP contribution in [0.15, 0.2) is 60.0 Å². The second-order valence-electron chi connectivity index (χ2n) is 6.45. The predicted molar refractivity (Wildman–Crippen MR) is 116 cm³/mol. The number of ether oxygens (including phenoxy) is 1. The number of hydrazone groups is 1. The Morgan fingerprint density at radius 3 is 2.59 bits per heavy atom. The van der Waals surface area contributed by atoms with E-state index in [9.17, 15) is 4.79 Å². The van der Waals surface area contributed by atoms with E-state index in [1.807, 2.05) is 32.0 Å². The van der Waals surface area contributed by atoms with Crippen molar-refractivity contribution in [2.45, 2.75) is 20.5 Å². The molecule has 0 spiro atoms. The van der Waals surface area contributed by atoms with Crippen molar-refractivity contribution >= 4 is 35.3 Å². The number of carbonyl (C=O) groups is 1. The summed E-state index contributed by atoms with van der Waals surface area (Å²) in [5, 5.41) is 5.18. The molecule has 29 heavy (non-hydrogen) atoms. The number of nitrogens with one attached hydrogen (secondary N) is 1. The molecule has 0 aliphatic rings. The summed E-state index contributed by atoms with van der Waals surface area (Å²) in [5.41, 5.74) is 6.56. The molecule has 1 N–H and O–H groups in total. The fraction of sp³-hybridized carbons (Fsp3) is 0.136. The Kier molecular flexibility index (Phi) is 6.86. The van der Waals surface area contributed by atoms with Crippen molar-refractivity contribution in [3.05, 3.63) is 92.7 Å². The molecule has 3 rings (SSSR count). The Bertz CT molecular complexity index is 1030. The van der Waals surface area contributed by atoms with Crippen molar-refractivity contribution in [2.24, 2.45) is 5.10 Å². The van der Waals surface area contributed by atoms with Gasteiger partial charge in [0.25, 0.3) is 5.91 Å². The number of benzene rings is 2. The van der Waals surface area contributed by atoms with Gasteiger partial charge in [-0.1, -0.05) is 29.3 Å². The molecular formula is C22H19Cl2N3O2. The van der Waals surface area contributed by atoms with Crippen LogP contribution in [-0.4, -0.2) is 17.1 Å². The van der Waals surface area contributed by atoms with E-state index in [4.69, 9.17) is 27.9 Å². The standard InChI is InChI=1S/C22H19Cl2N3O2/c1-14-8-16(11-26-27-22(28)17-4-3-7-25-12-17)9-15(2)21(14)29-13-18-5-6-19(23)10-20(18)24/h3-12H,13H2,1-2H3,(H,27,28)/b26-11-. The minimum Gasteiger partial charge on any atom is -0.488 e. The minimum atomic E-state index is -0.317. The van der Waals surface area contributed by atoms with Crippen molar-refractivity contribution in [3.8, 4) is 5.75 Å². The highest BCUT2D eigenvalue weighted by atomic mass is 35.5. The quantitative estimate of drug-likeness (QED) is 0.425. The molecule has 0 fully saturated rings. The average Bonchev–Trinajstić information content (AvgIpc) is 2.69. The van der Waals surface area contributed by atoms with Crippen molar-refractivity contribution in [1.82, 2.24) is 10.4 Å². The summed E-state index contributed by atoms with van der Waals surface area (Å²) in [6, 6.07) is 12.6. The lowest BCUT2D eigenvalue weighted by molar-refractivity contribution is 0.0955. The molecule has 1 aromatic heterocycles. The van der Waals surface area contributed by atoms with Gasteiger partial charge in [0.05, 0.1) is 11.8 Å². The third-order valence-electron chi connectivity index (χ3n) is 4.17. The van der Waals surface area contributed by atoms with Gasteiger partial charge in [0.2, 0.25) is 0 Å². The molecule has 7 heteroatoms. The van der Waals surface area contributed by atoms with Gasteiger partial charge in [0.15, 0.2) is 0 Å². The molecule has 0 saturated carbocycles. The van der Waals surface area contributed by atoms with Gasteiger partial charge in [0, 0.05) is 28.0 Å². The lowest BCUT2D eigenvalue weighted by Crippen LogP contribution is -2.17. The lowest BCUT2D eigenvalue weighted by atomic mass is 10.1. The third-order valence-corrected chi connectivity index (χ3v) is 4.76. The van der Waals surface area contributed by atoms with E-state index in [0.29, 0.717) is 22.2 Å². The summed E-state index contributed by atoms with van der Waals surface area (Å²) >= 11 is 12.1. The van der Waals surface area contributed by atoms with Gasteiger partial charge >= 0.3 is 0 Å². The van der Waals surface area contributed by atoms with Gasteiger partial charge < -0.3 is 4.74 Å². The number of pyridine rings is 1. The zero-order valence-electron chi connectivity index (χ0n) is 15.9. The van der Waals surface area contributed by atoms with Gasteiger partial charge in [-0.2, -0.15) is 5.10 Å². The molecule has 0 aliphatic carbocycles. The summed E-state index contributed by atoms with van der Waals surface area (Å²) in [5.74, 6) is 0.468. The number of nitrogens with zero attached hydrogens (tertiary/aromatic N) is 2. The highest BCUT2D eigenvalue weighted by Crippen LogP contribution is 2.27. The van der Waals surface area contributed by atoms with Gasteiger partial charge in [-0.15, -0.1) is 0 Å². The smallest absolute Gasteiger partial charge is 0.272 e. The van der Waals surface area contributed by atoms with Crippen LogP contribution in [-0.2, 0) is 6.61 Å². The van der Waals surface area contributed by atoms with Gasteiger partial charge in [-0.05, 0) is 66.9 Å². The zero-order valence-corrected chi connectivity index (χ0v) is 17.5. The summed E-state index contributed by atoms with van der Waals surface area (Å²) in [6.45, 7) is 4.25. The maximum Gasteiger partial charge on any atom is 0.272 e. The lowest BCUT2D eigenvalue weighted by Gasteiger charge is -2.14. The Morgan fingerprint density at radius 2 is 1.93 bits per heavy atom. The molecule has 1 amide bonds. The van der Waals surface area contributed by atoms with E-state index in [2.05, 4.69) is 15.5 Å². The number of hydrogen-bond acceptors (Lipinski definition) is 4. The van der Waals surface area contributed by atoms with Gasteiger partial charge in [-0.25, -0.2) is 5.43 Å². The first-order valence-corrected chi connectivity index (χ1v) is 9.61. The average molecular weight is 428 g/mol.